The van der Waals surface area contributed by atoms with Crippen LogP contribution in [0.25, 0.3) is 0 Å². The first kappa shape index (κ1) is 8.79. The molecule has 62 valence electrons. The van der Waals surface area contributed by atoms with E-state index >= 15 is 0 Å². The summed E-state index contributed by atoms with van der Waals surface area (Å²) in [4.78, 5) is 1.54. The van der Waals surface area contributed by atoms with E-state index < -0.39 is 0 Å². The molecule has 1 aromatic rings. The normalized spacial score (nSPS) is 12.0. The molecule has 0 N–H and O–H groups in total. The Morgan fingerprint density at radius 3 is 2.36 bits per heavy atom. The van der Waals surface area contributed by atoms with Crippen molar-refractivity contribution >= 4 is 11.3 Å². The molecule has 11 heavy (non-hydrogen) atoms. The van der Waals surface area contributed by atoms with Crippen LogP contribution >= 0.6 is 11.3 Å². The van der Waals surface area contributed by atoms with Crippen LogP contribution in [-0.4, -0.2) is 0 Å². The molecular formula is C10H16S. The monoisotopic (exact) mass is 168 g/mol. The fourth-order valence-corrected chi connectivity index (χ4v) is 2.27. The van der Waals surface area contributed by atoms with E-state index in [1.807, 2.05) is 11.3 Å². The fraction of sp³-hybridized carbons (Fsp3) is 0.600. The molecular weight excluding hydrogens is 152 g/mol. The van der Waals surface area contributed by atoms with Gasteiger partial charge in [0.25, 0.3) is 0 Å². The molecule has 0 saturated heterocycles. The van der Waals surface area contributed by atoms with Gasteiger partial charge in [0.05, 0.1) is 0 Å². The zero-order valence-electron chi connectivity index (χ0n) is 7.77. The van der Waals surface area contributed by atoms with Crippen LogP contribution in [0.1, 0.15) is 31.2 Å². The summed E-state index contributed by atoms with van der Waals surface area (Å²) >= 11 is 1.88. The second kappa shape index (κ2) is 2.98. The van der Waals surface area contributed by atoms with Crippen LogP contribution in [0, 0.1) is 12.3 Å². The molecule has 0 radical (unpaired) electrons. The summed E-state index contributed by atoms with van der Waals surface area (Å²) < 4.78 is 0. The second-order valence-electron chi connectivity index (χ2n) is 4.26. The number of rotatable bonds is 1. The Bertz CT molecular complexity index is 227. The lowest BCUT2D eigenvalue weighted by molar-refractivity contribution is 0.414. The van der Waals surface area contributed by atoms with Crippen molar-refractivity contribution < 1.29 is 0 Å². The second-order valence-corrected chi connectivity index (χ2v) is 5.26. The number of aryl methyl sites for hydroxylation is 1. The molecule has 0 spiro atoms. The molecule has 0 amide bonds. The lowest BCUT2D eigenvalue weighted by atomic mass is 9.91. The van der Waals surface area contributed by atoms with E-state index in [0.29, 0.717) is 5.41 Å². The number of thiophene rings is 1. The first-order valence-electron chi connectivity index (χ1n) is 4.02. The van der Waals surface area contributed by atoms with Gasteiger partial charge in [-0.3, -0.25) is 0 Å². The van der Waals surface area contributed by atoms with Crippen molar-refractivity contribution in [1.82, 2.24) is 0 Å². The topological polar surface area (TPSA) is 0 Å². The van der Waals surface area contributed by atoms with Gasteiger partial charge in [-0.05, 0) is 35.8 Å². The molecule has 0 unspecified atom stereocenters. The largest absolute Gasteiger partial charge is 0.149 e. The van der Waals surface area contributed by atoms with Crippen LogP contribution in [-0.2, 0) is 6.42 Å². The van der Waals surface area contributed by atoms with Crippen LogP contribution in [0.4, 0.5) is 0 Å². The van der Waals surface area contributed by atoms with Gasteiger partial charge in [-0.2, -0.15) is 0 Å². The standard InChI is InChI=1S/C10H16S/c1-8-5-6-11-9(8)7-10(2,3)4/h5-6H,7H2,1-4H3. The summed E-state index contributed by atoms with van der Waals surface area (Å²) in [7, 11) is 0. The number of hydrogen-bond acceptors (Lipinski definition) is 1. The van der Waals surface area contributed by atoms with E-state index in [1.165, 1.54) is 16.9 Å². The lowest BCUT2D eigenvalue weighted by Crippen LogP contribution is -2.08. The highest BCUT2D eigenvalue weighted by atomic mass is 32.1. The van der Waals surface area contributed by atoms with Gasteiger partial charge in [0.1, 0.15) is 0 Å². The Kier molecular flexibility index (Phi) is 2.38. The minimum Gasteiger partial charge on any atom is -0.149 e. The van der Waals surface area contributed by atoms with Crippen LogP contribution in [0.15, 0.2) is 11.4 Å². The Hall–Kier alpha value is -0.300. The Balaban J connectivity index is 2.72. The Morgan fingerprint density at radius 2 is 2.00 bits per heavy atom. The van der Waals surface area contributed by atoms with Gasteiger partial charge in [0.2, 0.25) is 0 Å². The SMILES string of the molecule is Cc1ccsc1CC(C)(C)C. The minimum absolute atomic E-state index is 0.426. The van der Waals surface area contributed by atoms with Crippen molar-refractivity contribution in [1.29, 1.82) is 0 Å². The highest BCUT2D eigenvalue weighted by molar-refractivity contribution is 7.10. The van der Waals surface area contributed by atoms with Crippen LogP contribution in [0.5, 0.6) is 0 Å². The van der Waals surface area contributed by atoms with Gasteiger partial charge in [-0.1, -0.05) is 20.8 Å². The average Bonchev–Trinajstić information content (AvgIpc) is 2.12. The maximum Gasteiger partial charge on any atom is 0.00796 e. The number of hydrogen-bond donors (Lipinski definition) is 0. The first-order chi connectivity index (χ1) is 4.99. The van der Waals surface area contributed by atoms with E-state index in [1.54, 1.807) is 0 Å². The molecule has 0 aromatic carbocycles. The van der Waals surface area contributed by atoms with Crippen molar-refractivity contribution in [2.24, 2.45) is 5.41 Å². The third-order valence-corrected chi connectivity index (χ3v) is 2.68. The van der Waals surface area contributed by atoms with Crippen molar-refractivity contribution in [3.05, 3.63) is 21.9 Å². The maximum absolute atomic E-state index is 2.28. The predicted molar refractivity (Wildman–Crippen MR) is 52.2 cm³/mol. The van der Waals surface area contributed by atoms with Crippen molar-refractivity contribution in [3.8, 4) is 0 Å². The van der Waals surface area contributed by atoms with E-state index in [0.717, 1.165) is 0 Å². The zero-order chi connectivity index (χ0) is 8.48. The maximum atomic E-state index is 2.28. The highest BCUT2D eigenvalue weighted by Gasteiger charge is 2.13. The van der Waals surface area contributed by atoms with Crippen LogP contribution < -0.4 is 0 Å². The van der Waals surface area contributed by atoms with Crippen molar-refractivity contribution in [2.75, 3.05) is 0 Å². The summed E-state index contributed by atoms with van der Waals surface area (Å²) in [6, 6.07) is 2.20. The van der Waals surface area contributed by atoms with E-state index in [2.05, 4.69) is 39.1 Å². The van der Waals surface area contributed by atoms with Gasteiger partial charge in [0, 0.05) is 4.88 Å². The van der Waals surface area contributed by atoms with Crippen LogP contribution in [0.3, 0.4) is 0 Å². The van der Waals surface area contributed by atoms with E-state index in [4.69, 9.17) is 0 Å². The molecule has 0 aliphatic carbocycles. The van der Waals surface area contributed by atoms with Crippen molar-refractivity contribution in [3.63, 3.8) is 0 Å². The van der Waals surface area contributed by atoms with Crippen molar-refractivity contribution in [2.45, 2.75) is 34.1 Å². The molecule has 0 nitrogen and oxygen atoms in total. The molecule has 0 aliphatic rings. The molecule has 0 saturated carbocycles. The van der Waals surface area contributed by atoms with Gasteiger partial charge in [0.15, 0.2) is 0 Å². The molecule has 1 aromatic heterocycles. The highest BCUT2D eigenvalue weighted by Crippen LogP contribution is 2.26. The minimum atomic E-state index is 0.426. The third-order valence-electron chi connectivity index (χ3n) is 1.66. The van der Waals surface area contributed by atoms with Gasteiger partial charge in [-0.25, -0.2) is 0 Å². The molecule has 1 rings (SSSR count). The van der Waals surface area contributed by atoms with Gasteiger partial charge >= 0.3 is 0 Å². The molecule has 1 heteroatoms. The third kappa shape index (κ3) is 2.66. The van der Waals surface area contributed by atoms with E-state index in [9.17, 15) is 0 Å². The smallest absolute Gasteiger partial charge is 0.00796 e. The Labute approximate surface area is 73.3 Å². The first-order valence-corrected chi connectivity index (χ1v) is 4.90. The average molecular weight is 168 g/mol. The summed E-state index contributed by atoms with van der Waals surface area (Å²) in [6.07, 6.45) is 1.20. The van der Waals surface area contributed by atoms with E-state index in [-0.39, 0.29) is 0 Å². The summed E-state index contributed by atoms with van der Waals surface area (Å²) in [5, 5.41) is 2.18. The predicted octanol–water partition coefficient (Wildman–Crippen LogP) is 3.65. The fourth-order valence-electron chi connectivity index (χ4n) is 1.07. The quantitative estimate of drug-likeness (QED) is 0.600. The zero-order valence-corrected chi connectivity index (χ0v) is 8.59. The van der Waals surface area contributed by atoms with Crippen LogP contribution in [0.2, 0.25) is 0 Å². The molecule has 0 aliphatic heterocycles. The molecule has 0 atom stereocenters. The molecule has 0 fully saturated rings. The lowest BCUT2D eigenvalue weighted by Gasteiger charge is -2.17. The summed E-state index contributed by atoms with van der Waals surface area (Å²) in [6.45, 7) is 9.04. The Morgan fingerprint density at radius 1 is 1.36 bits per heavy atom. The summed E-state index contributed by atoms with van der Waals surface area (Å²) in [5.74, 6) is 0. The summed E-state index contributed by atoms with van der Waals surface area (Å²) in [5.41, 5.74) is 1.88. The molecule has 1 heterocycles. The molecule has 0 bridgehead atoms. The van der Waals surface area contributed by atoms with Gasteiger partial charge in [-0.15, -0.1) is 11.3 Å². The van der Waals surface area contributed by atoms with Gasteiger partial charge < -0.3 is 0 Å².